The zero-order valence-electron chi connectivity index (χ0n) is 12.5. The maximum Gasteiger partial charge on any atom is 0.289 e. The lowest BCUT2D eigenvalue weighted by Gasteiger charge is -2.03. The minimum Gasteiger partial charge on any atom is -0.351 e. The summed E-state index contributed by atoms with van der Waals surface area (Å²) in [6.07, 6.45) is 4.46. The number of carbonyl (C=O) groups is 1. The van der Waals surface area contributed by atoms with Crippen LogP contribution >= 0.6 is 11.8 Å². The molecule has 2 heterocycles. The van der Waals surface area contributed by atoms with Gasteiger partial charge in [0.2, 0.25) is 5.76 Å². The smallest absolute Gasteiger partial charge is 0.289 e. The first-order valence-electron chi connectivity index (χ1n) is 6.90. The first kappa shape index (κ1) is 15.6. The summed E-state index contributed by atoms with van der Waals surface area (Å²) in [7, 11) is 1.94. The molecule has 0 unspecified atom stereocenters. The van der Waals surface area contributed by atoms with Gasteiger partial charge in [0.05, 0.1) is 5.69 Å². The molecule has 0 fully saturated rings. The van der Waals surface area contributed by atoms with Gasteiger partial charge in [-0.1, -0.05) is 30.8 Å². The average molecular weight is 308 g/mol. The molecule has 2 aromatic rings. The molecule has 6 nitrogen and oxygen atoms in total. The van der Waals surface area contributed by atoms with Crippen LogP contribution < -0.4 is 5.32 Å². The van der Waals surface area contributed by atoms with E-state index in [0.717, 1.165) is 23.0 Å². The summed E-state index contributed by atoms with van der Waals surface area (Å²) in [4.78, 5) is 16.1. The summed E-state index contributed by atoms with van der Waals surface area (Å²) < 4.78 is 7.01. The fraction of sp³-hybridized carbons (Fsp3) is 0.500. The van der Waals surface area contributed by atoms with Gasteiger partial charge in [-0.05, 0) is 12.3 Å². The highest BCUT2D eigenvalue weighted by Gasteiger charge is 2.13. The molecule has 0 aliphatic carbocycles. The van der Waals surface area contributed by atoms with Crippen LogP contribution in [0.25, 0.3) is 0 Å². The zero-order valence-corrected chi connectivity index (χ0v) is 13.3. The van der Waals surface area contributed by atoms with Crippen LogP contribution in [0.15, 0.2) is 28.1 Å². The van der Waals surface area contributed by atoms with Crippen molar-refractivity contribution in [3.05, 3.63) is 29.9 Å². The van der Waals surface area contributed by atoms with E-state index in [0.29, 0.717) is 12.5 Å². The van der Waals surface area contributed by atoms with Crippen molar-refractivity contribution >= 4 is 17.7 Å². The number of nitrogens with zero attached hydrogens (tertiary/aromatic N) is 3. The Labute approximate surface area is 128 Å². The molecule has 114 valence electrons. The fourth-order valence-electron chi connectivity index (χ4n) is 1.82. The van der Waals surface area contributed by atoms with E-state index < -0.39 is 0 Å². The predicted octanol–water partition coefficient (Wildman–Crippen LogP) is 2.13. The number of aryl methyl sites for hydroxylation is 1. The molecule has 0 aliphatic heterocycles. The Morgan fingerprint density at radius 2 is 2.33 bits per heavy atom. The van der Waals surface area contributed by atoms with E-state index >= 15 is 0 Å². The molecule has 0 aromatic carbocycles. The molecule has 2 aromatic heterocycles. The van der Waals surface area contributed by atoms with E-state index in [1.807, 2.05) is 17.8 Å². The topological polar surface area (TPSA) is 73.0 Å². The molecule has 0 spiro atoms. The van der Waals surface area contributed by atoms with Crippen molar-refractivity contribution in [3.63, 3.8) is 0 Å². The Balaban J connectivity index is 1.74. The van der Waals surface area contributed by atoms with E-state index in [1.54, 1.807) is 24.0 Å². The van der Waals surface area contributed by atoms with Gasteiger partial charge in [0.15, 0.2) is 5.16 Å². The molecular weight excluding hydrogens is 288 g/mol. The van der Waals surface area contributed by atoms with Crippen molar-refractivity contribution in [2.24, 2.45) is 13.0 Å². The number of thioether (sulfide) groups is 1. The molecule has 0 bridgehead atoms. The van der Waals surface area contributed by atoms with Gasteiger partial charge in [-0.2, -0.15) is 0 Å². The second kappa shape index (κ2) is 7.31. The molecule has 0 aliphatic rings. The van der Waals surface area contributed by atoms with E-state index in [-0.39, 0.29) is 11.7 Å². The van der Waals surface area contributed by atoms with Crippen LogP contribution in [0.5, 0.6) is 0 Å². The highest BCUT2D eigenvalue weighted by atomic mass is 32.2. The number of aromatic nitrogens is 3. The maximum atomic E-state index is 11.9. The van der Waals surface area contributed by atoms with Crippen molar-refractivity contribution in [2.75, 3.05) is 12.3 Å². The summed E-state index contributed by atoms with van der Waals surface area (Å²) in [6, 6.07) is 1.71. The van der Waals surface area contributed by atoms with Gasteiger partial charge in [0.1, 0.15) is 0 Å². The van der Waals surface area contributed by atoms with Crippen LogP contribution in [0, 0.1) is 5.92 Å². The molecule has 0 saturated carbocycles. The SMILES string of the molecule is CC(C)Cc1cc(C(=O)NCCSc2nccn2C)on1. The number of hydrogen-bond acceptors (Lipinski definition) is 5. The van der Waals surface area contributed by atoms with Gasteiger partial charge in [-0.3, -0.25) is 4.79 Å². The highest BCUT2D eigenvalue weighted by molar-refractivity contribution is 7.99. The van der Waals surface area contributed by atoms with Crippen LogP contribution in [0.4, 0.5) is 0 Å². The van der Waals surface area contributed by atoms with E-state index in [9.17, 15) is 4.79 Å². The molecule has 7 heteroatoms. The lowest BCUT2D eigenvalue weighted by Crippen LogP contribution is -2.25. The van der Waals surface area contributed by atoms with E-state index in [4.69, 9.17) is 4.52 Å². The first-order chi connectivity index (χ1) is 10.1. The Morgan fingerprint density at radius 3 is 3.00 bits per heavy atom. The Morgan fingerprint density at radius 1 is 1.52 bits per heavy atom. The number of amides is 1. The van der Waals surface area contributed by atoms with Crippen LogP contribution in [0.2, 0.25) is 0 Å². The van der Waals surface area contributed by atoms with Gasteiger partial charge in [0, 0.05) is 37.8 Å². The molecule has 1 N–H and O–H groups in total. The van der Waals surface area contributed by atoms with E-state index in [2.05, 4.69) is 29.3 Å². The number of imidazole rings is 1. The lowest BCUT2D eigenvalue weighted by atomic mass is 10.1. The number of nitrogens with one attached hydrogen (secondary N) is 1. The van der Waals surface area contributed by atoms with Gasteiger partial charge in [-0.25, -0.2) is 4.98 Å². The first-order valence-corrected chi connectivity index (χ1v) is 7.88. The van der Waals surface area contributed by atoms with Gasteiger partial charge >= 0.3 is 0 Å². The number of carbonyl (C=O) groups excluding carboxylic acids is 1. The van der Waals surface area contributed by atoms with E-state index in [1.165, 1.54) is 0 Å². The lowest BCUT2D eigenvalue weighted by molar-refractivity contribution is 0.0919. The second-order valence-corrected chi connectivity index (χ2v) is 6.27. The normalized spacial score (nSPS) is 11.0. The molecule has 1 amide bonds. The molecular formula is C14H20N4O2S. The third kappa shape index (κ3) is 4.63. The molecule has 0 radical (unpaired) electrons. The molecule has 0 atom stereocenters. The standard InChI is InChI=1S/C14H20N4O2S/c1-10(2)8-11-9-12(20-17-11)13(19)15-5-7-21-14-16-4-6-18(14)3/h4,6,9-10H,5,7-8H2,1-3H3,(H,15,19). The Hall–Kier alpha value is -1.76. The zero-order chi connectivity index (χ0) is 15.2. The largest absolute Gasteiger partial charge is 0.351 e. The van der Waals surface area contributed by atoms with Crippen molar-refractivity contribution in [3.8, 4) is 0 Å². The van der Waals surface area contributed by atoms with Crippen LogP contribution in [-0.2, 0) is 13.5 Å². The maximum absolute atomic E-state index is 11.9. The molecule has 21 heavy (non-hydrogen) atoms. The second-order valence-electron chi connectivity index (χ2n) is 5.21. The van der Waals surface area contributed by atoms with Crippen molar-refractivity contribution in [1.82, 2.24) is 20.0 Å². The molecule has 0 saturated heterocycles. The van der Waals surface area contributed by atoms with Crippen molar-refractivity contribution in [2.45, 2.75) is 25.4 Å². The quantitative estimate of drug-likeness (QED) is 0.626. The van der Waals surface area contributed by atoms with Crippen molar-refractivity contribution in [1.29, 1.82) is 0 Å². The van der Waals surface area contributed by atoms with Gasteiger partial charge in [0.25, 0.3) is 5.91 Å². The third-order valence-electron chi connectivity index (χ3n) is 2.80. The Kier molecular flexibility index (Phi) is 5.44. The predicted molar refractivity (Wildman–Crippen MR) is 81.3 cm³/mol. The minimum absolute atomic E-state index is 0.224. The summed E-state index contributed by atoms with van der Waals surface area (Å²) in [5.41, 5.74) is 0.817. The van der Waals surface area contributed by atoms with Crippen molar-refractivity contribution < 1.29 is 9.32 Å². The van der Waals surface area contributed by atoms with Gasteiger partial charge in [-0.15, -0.1) is 0 Å². The highest BCUT2D eigenvalue weighted by Crippen LogP contribution is 2.13. The Bertz CT molecular complexity index is 591. The average Bonchev–Trinajstić information content (AvgIpc) is 3.03. The summed E-state index contributed by atoms with van der Waals surface area (Å²) >= 11 is 1.60. The van der Waals surface area contributed by atoms with Crippen LogP contribution in [0.3, 0.4) is 0 Å². The summed E-state index contributed by atoms with van der Waals surface area (Å²) in [5, 5.41) is 7.65. The number of hydrogen-bond donors (Lipinski definition) is 1. The minimum atomic E-state index is -0.224. The summed E-state index contributed by atoms with van der Waals surface area (Å²) in [6.45, 7) is 4.75. The number of rotatable bonds is 7. The van der Waals surface area contributed by atoms with Crippen LogP contribution in [0.1, 0.15) is 30.1 Å². The summed E-state index contributed by atoms with van der Waals surface area (Å²) in [5.74, 6) is 1.29. The van der Waals surface area contributed by atoms with Crippen LogP contribution in [-0.4, -0.2) is 32.9 Å². The third-order valence-corrected chi connectivity index (χ3v) is 3.86. The monoisotopic (exact) mass is 308 g/mol. The van der Waals surface area contributed by atoms with Gasteiger partial charge < -0.3 is 14.4 Å². The molecule has 2 rings (SSSR count). The fourth-order valence-corrected chi connectivity index (χ4v) is 2.60.